The largest absolute Gasteiger partial charge is 0.508 e. The van der Waals surface area contributed by atoms with Crippen molar-refractivity contribution in [2.45, 2.75) is 26.5 Å². The molecular weight excluding hydrogens is 190 g/mol. The Labute approximate surface area is 91.3 Å². The van der Waals surface area contributed by atoms with Gasteiger partial charge in [0, 0.05) is 12.1 Å². The second-order valence-electron chi connectivity index (χ2n) is 4.19. The van der Waals surface area contributed by atoms with Gasteiger partial charge >= 0.3 is 0 Å². The minimum Gasteiger partial charge on any atom is -0.508 e. The molecule has 0 heterocycles. The number of hydrogen-bond donors (Lipinski definition) is 1. The molecule has 0 aliphatic carbocycles. The fraction of sp³-hybridized carbons (Fsp3) is 0.500. The smallest absolute Gasteiger partial charge is 0.120 e. The summed E-state index contributed by atoms with van der Waals surface area (Å²) >= 11 is 0. The van der Waals surface area contributed by atoms with Gasteiger partial charge in [-0.25, -0.2) is 0 Å². The maximum atomic E-state index is 9.64. The van der Waals surface area contributed by atoms with Crippen LogP contribution in [0, 0.1) is 0 Å². The number of aromatic hydroxyl groups is 1. The predicted octanol–water partition coefficient (Wildman–Crippen LogP) is 2.24. The summed E-state index contributed by atoms with van der Waals surface area (Å²) in [5, 5.41) is 9.64. The normalized spacial score (nSPS) is 11.1. The summed E-state index contributed by atoms with van der Waals surface area (Å²) in [4.78, 5) is 2.01. The SMILES string of the molecule is CC(C)Oc1ccc(O)c(CN(C)C)c1. The van der Waals surface area contributed by atoms with Crippen molar-refractivity contribution in [1.82, 2.24) is 4.90 Å². The molecule has 1 N–H and O–H groups in total. The fourth-order valence-corrected chi connectivity index (χ4v) is 1.37. The molecule has 3 nitrogen and oxygen atoms in total. The first-order valence-electron chi connectivity index (χ1n) is 5.12. The average molecular weight is 209 g/mol. The van der Waals surface area contributed by atoms with E-state index < -0.39 is 0 Å². The van der Waals surface area contributed by atoms with Gasteiger partial charge in [-0.15, -0.1) is 0 Å². The molecule has 1 aromatic carbocycles. The van der Waals surface area contributed by atoms with E-state index in [0.29, 0.717) is 12.3 Å². The third-order valence-corrected chi connectivity index (χ3v) is 1.91. The zero-order valence-corrected chi connectivity index (χ0v) is 9.82. The van der Waals surface area contributed by atoms with Crippen LogP contribution in [0.25, 0.3) is 0 Å². The summed E-state index contributed by atoms with van der Waals surface area (Å²) in [7, 11) is 3.94. The molecule has 0 spiro atoms. The molecule has 0 saturated heterocycles. The Morgan fingerprint density at radius 2 is 2.00 bits per heavy atom. The van der Waals surface area contributed by atoms with Gasteiger partial charge in [0.25, 0.3) is 0 Å². The van der Waals surface area contributed by atoms with Crippen LogP contribution in [0.5, 0.6) is 11.5 Å². The van der Waals surface area contributed by atoms with Gasteiger partial charge in [-0.2, -0.15) is 0 Å². The zero-order chi connectivity index (χ0) is 11.4. The lowest BCUT2D eigenvalue weighted by Gasteiger charge is -2.14. The zero-order valence-electron chi connectivity index (χ0n) is 9.82. The molecule has 0 aromatic heterocycles. The van der Waals surface area contributed by atoms with Crippen molar-refractivity contribution in [2.75, 3.05) is 14.1 Å². The van der Waals surface area contributed by atoms with Crippen LogP contribution < -0.4 is 4.74 Å². The lowest BCUT2D eigenvalue weighted by atomic mass is 10.2. The number of phenolic OH excluding ortho intramolecular Hbond substituents is 1. The van der Waals surface area contributed by atoms with E-state index >= 15 is 0 Å². The van der Waals surface area contributed by atoms with Crippen molar-refractivity contribution in [2.24, 2.45) is 0 Å². The number of benzene rings is 1. The molecule has 0 bridgehead atoms. The van der Waals surface area contributed by atoms with Gasteiger partial charge in [0.2, 0.25) is 0 Å². The number of hydrogen-bond acceptors (Lipinski definition) is 3. The van der Waals surface area contributed by atoms with E-state index in [1.54, 1.807) is 12.1 Å². The highest BCUT2D eigenvalue weighted by atomic mass is 16.5. The van der Waals surface area contributed by atoms with Crippen LogP contribution in [-0.2, 0) is 6.54 Å². The monoisotopic (exact) mass is 209 g/mol. The number of rotatable bonds is 4. The lowest BCUT2D eigenvalue weighted by Crippen LogP contribution is -2.11. The van der Waals surface area contributed by atoms with E-state index in [0.717, 1.165) is 11.3 Å². The molecule has 0 atom stereocenters. The van der Waals surface area contributed by atoms with Crippen molar-refractivity contribution in [3.05, 3.63) is 23.8 Å². The quantitative estimate of drug-likeness (QED) is 0.825. The third-order valence-electron chi connectivity index (χ3n) is 1.91. The van der Waals surface area contributed by atoms with Crippen molar-refractivity contribution in [3.8, 4) is 11.5 Å². The van der Waals surface area contributed by atoms with Gasteiger partial charge in [0.05, 0.1) is 6.10 Å². The predicted molar refractivity (Wildman–Crippen MR) is 61.3 cm³/mol. The molecule has 1 rings (SSSR count). The van der Waals surface area contributed by atoms with E-state index in [-0.39, 0.29) is 6.10 Å². The van der Waals surface area contributed by atoms with Gasteiger partial charge in [-0.05, 0) is 46.1 Å². The highest BCUT2D eigenvalue weighted by Gasteiger charge is 2.05. The molecule has 84 valence electrons. The Morgan fingerprint density at radius 3 is 2.53 bits per heavy atom. The standard InChI is InChI=1S/C12H19NO2/c1-9(2)15-11-5-6-12(14)10(7-11)8-13(3)4/h5-7,9,14H,8H2,1-4H3. The summed E-state index contributed by atoms with van der Waals surface area (Å²) in [6.45, 7) is 4.68. The minimum absolute atomic E-state index is 0.154. The van der Waals surface area contributed by atoms with Crippen molar-refractivity contribution in [3.63, 3.8) is 0 Å². The molecule has 3 heteroatoms. The maximum absolute atomic E-state index is 9.64. The van der Waals surface area contributed by atoms with Crippen LogP contribution in [0.1, 0.15) is 19.4 Å². The molecule has 0 aliphatic rings. The van der Waals surface area contributed by atoms with E-state index in [4.69, 9.17) is 4.74 Å². The second-order valence-corrected chi connectivity index (χ2v) is 4.19. The molecule has 0 aliphatic heterocycles. The van der Waals surface area contributed by atoms with Crippen molar-refractivity contribution >= 4 is 0 Å². The topological polar surface area (TPSA) is 32.7 Å². The summed E-state index contributed by atoms with van der Waals surface area (Å²) in [6.07, 6.45) is 0.154. The maximum Gasteiger partial charge on any atom is 0.120 e. The Bertz CT molecular complexity index is 321. The molecule has 15 heavy (non-hydrogen) atoms. The highest BCUT2D eigenvalue weighted by Crippen LogP contribution is 2.24. The Morgan fingerprint density at radius 1 is 1.33 bits per heavy atom. The summed E-state index contributed by atoms with van der Waals surface area (Å²) in [6, 6.07) is 5.35. The van der Waals surface area contributed by atoms with Crippen LogP contribution in [-0.4, -0.2) is 30.2 Å². The van der Waals surface area contributed by atoms with Gasteiger partial charge < -0.3 is 14.7 Å². The third kappa shape index (κ3) is 3.80. The minimum atomic E-state index is 0.154. The van der Waals surface area contributed by atoms with E-state index in [9.17, 15) is 5.11 Å². The molecule has 0 amide bonds. The summed E-state index contributed by atoms with van der Waals surface area (Å²) in [5.74, 6) is 1.12. The van der Waals surface area contributed by atoms with Gasteiger partial charge in [-0.3, -0.25) is 0 Å². The summed E-state index contributed by atoms with van der Waals surface area (Å²) in [5.41, 5.74) is 0.887. The van der Waals surface area contributed by atoms with E-state index in [1.807, 2.05) is 38.9 Å². The Kier molecular flexibility index (Phi) is 3.97. The van der Waals surface area contributed by atoms with Crippen LogP contribution >= 0.6 is 0 Å². The van der Waals surface area contributed by atoms with Crippen LogP contribution in [0.3, 0.4) is 0 Å². The summed E-state index contributed by atoms with van der Waals surface area (Å²) < 4.78 is 5.56. The van der Waals surface area contributed by atoms with E-state index in [2.05, 4.69) is 0 Å². The van der Waals surface area contributed by atoms with Gasteiger partial charge in [-0.1, -0.05) is 0 Å². The van der Waals surface area contributed by atoms with Gasteiger partial charge in [0.15, 0.2) is 0 Å². The highest BCUT2D eigenvalue weighted by molar-refractivity contribution is 5.39. The molecule has 1 aromatic rings. The number of nitrogens with zero attached hydrogens (tertiary/aromatic N) is 1. The van der Waals surface area contributed by atoms with Crippen LogP contribution in [0.4, 0.5) is 0 Å². The average Bonchev–Trinajstić information content (AvgIpc) is 2.09. The molecule has 0 fully saturated rings. The lowest BCUT2D eigenvalue weighted by molar-refractivity contribution is 0.241. The molecule has 0 saturated carbocycles. The van der Waals surface area contributed by atoms with Crippen LogP contribution in [0.15, 0.2) is 18.2 Å². The second kappa shape index (κ2) is 5.03. The first-order valence-corrected chi connectivity index (χ1v) is 5.12. The number of ether oxygens (including phenoxy) is 1. The first kappa shape index (κ1) is 11.9. The van der Waals surface area contributed by atoms with Crippen molar-refractivity contribution in [1.29, 1.82) is 0 Å². The van der Waals surface area contributed by atoms with Gasteiger partial charge in [0.1, 0.15) is 11.5 Å². The Balaban J connectivity index is 2.85. The molecule has 0 unspecified atom stereocenters. The fourth-order valence-electron chi connectivity index (χ4n) is 1.37. The first-order chi connectivity index (χ1) is 6.99. The molecular formula is C12H19NO2. The molecule has 0 radical (unpaired) electrons. The van der Waals surface area contributed by atoms with Crippen LogP contribution in [0.2, 0.25) is 0 Å². The number of phenols is 1. The van der Waals surface area contributed by atoms with Crippen molar-refractivity contribution < 1.29 is 9.84 Å². The Hall–Kier alpha value is -1.22. The van der Waals surface area contributed by atoms with E-state index in [1.165, 1.54) is 0 Å².